The molecule has 1 amide bonds. The molecule has 228 valence electrons. The van der Waals surface area contributed by atoms with E-state index in [0.29, 0.717) is 46.6 Å². The van der Waals surface area contributed by atoms with Crippen molar-refractivity contribution in [2.24, 2.45) is 0 Å². The highest BCUT2D eigenvalue weighted by Crippen LogP contribution is 2.46. The molecule has 0 saturated carbocycles. The number of pyridine rings is 2. The topological polar surface area (TPSA) is 161 Å². The summed E-state index contributed by atoms with van der Waals surface area (Å²) in [6.07, 6.45) is 0.930. The van der Waals surface area contributed by atoms with Crippen molar-refractivity contribution in [2.75, 3.05) is 0 Å². The Balaban J connectivity index is 1.42. The Hall–Kier alpha value is -4.49. The molecule has 0 bridgehead atoms. The smallest absolute Gasteiger partial charge is 0.343 e. The molecule has 5 heterocycles. The largest absolute Gasteiger partial charge is 0.458 e. The van der Waals surface area contributed by atoms with E-state index in [0.717, 1.165) is 16.5 Å². The number of carbonyl (C=O) groups is 2. The highest BCUT2D eigenvalue weighted by atomic mass is 19.1. The molecule has 2 atom stereocenters. The van der Waals surface area contributed by atoms with E-state index in [4.69, 9.17) is 9.72 Å². The van der Waals surface area contributed by atoms with Gasteiger partial charge in [0.05, 0.1) is 47.4 Å². The number of cyclic esters (lactones) is 1. The molecule has 7 rings (SSSR count). The minimum Gasteiger partial charge on any atom is -0.458 e. The first-order valence-electron chi connectivity index (χ1n) is 14.7. The molecule has 0 saturated heterocycles. The number of ether oxygens (including phenoxy) is 1. The molecule has 13 heteroatoms. The molecule has 44 heavy (non-hydrogen) atoms. The van der Waals surface area contributed by atoms with E-state index in [1.807, 2.05) is 13.8 Å². The number of rotatable bonds is 5. The number of benzene rings is 1. The predicted molar refractivity (Wildman–Crippen MR) is 154 cm³/mol. The van der Waals surface area contributed by atoms with Crippen LogP contribution in [0.25, 0.3) is 22.3 Å². The number of hydrogen-bond donors (Lipinski definition) is 3. The maximum absolute atomic E-state index is 15.2. The van der Waals surface area contributed by atoms with Crippen molar-refractivity contribution < 1.29 is 28.9 Å². The Labute approximate surface area is 250 Å². The van der Waals surface area contributed by atoms with Crippen molar-refractivity contribution in [1.82, 2.24) is 29.9 Å². The van der Waals surface area contributed by atoms with Gasteiger partial charge in [-0.2, -0.15) is 0 Å². The highest BCUT2D eigenvalue weighted by Gasteiger charge is 2.46. The number of aliphatic hydroxyl groups excluding tert-OH is 1. The van der Waals surface area contributed by atoms with Crippen LogP contribution in [0, 0.1) is 12.7 Å². The van der Waals surface area contributed by atoms with Gasteiger partial charge in [-0.15, -0.1) is 5.10 Å². The van der Waals surface area contributed by atoms with E-state index >= 15 is 4.39 Å². The van der Waals surface area contributed by atoms with Crippen LogP contribution in [0.4, 0.5) is 4.39 Å². The van der Waals surface area contributed by atoms with Crippen molar-refractivity contribution in [3.63, 3.8) is 0 Å². The van der Waals surface area contributed by atoms with Crippen molar-refractivity contribution in [3.8, 4) is 11.4 Å². The number of hydrogen-bond acceptors (Lipinski definition) is 9. The van der Waals surface area contributed by atoms with Gasteiger partial charge in [0.1, 0.15) is 12.4 Å². The normalized spacial score (nSPS) is 20.0. The Morgan fingerprint density at radius 2 is 2.02 bits per heavy atom. The molecule has 3 aromatic heterocycles. The third kappa shape index (κ3) is 3.75. The zero-order valence-corrected chi connectivity index (χ0v) is 24.7. The summed E-state index contributed by atoms with van der Waals surface area (Å²) in [6, 6.07) is 2.30. The zero-order valence-electron chi connectivity index (χ0n) is 24.7. The van der Waals surface area contributed by atoms with Crippen LogP contribution in [0.2, 0.25) is 0 Å². The van der Waals surface area contributed by atoms with Gasteiger partial charge in [0, 0.05) is 28.6 Å². The van der Waals surface area contributed by atoms with E-state index < -0.39 is 41.5 Å². The number of aryl methyl sites for hydroxylation is 1. The Bertz CT molecular complexity index is 2000. The molecule has 12 nitrogen and oxygen atoms in total. The number of fused-ring (bicyclic) bond motifs is 5. The summed E-state index contributed by atoms with van der Waals surface area (Å²) in [6.45, 7) is 6.53. The van der Waals surface area contributed by atoms with Gasteiger partial charge < -0.3 is 24.8 Å². The summed E-state index contributed by atoms with van der Waals surface area (Å²) in [5.74, 6) is -1.74. The maximum atomic E-state index is 15.2. The van der Waals surface area contributed by atoms with Gasteiger partial charge >= 0.3 is 5.97 Å². The molecule has 0 spiro atoms. The standard InChI is InChI=1S/C31H31FN6O6/c1-5-31(43)18-8-22-26-16(10-37(22)29(41)17(18)12-44-30(31)42)25-20(7-6-15-14(4)19(32)9-21(33-26)24(15)25)34-28(40)27-23(11-39)38(13(2)3)36-35-27/h8-9,13,20,39,43H,5-7,10-12H2,1-4H3,(H,34,40)/t20-,31-/m0/s1. The number of nitrogens with zero attached hydrogens (tertiary/aromatic N) is 5. The zero-order chi connectivity index (χ0) is 31.2. The lowest BCUT2D eigenvalue weighted by Gasteiger charge is -2.31. The second-order valence-corrected chi connectivity index (χ2v) is 12.0. The highest BCUT2D eigenvalue weighted by molar-refractivity contribution is 5.96. The number of nitrogens with one attached hydrogen (secondary N) is 1. The van der Waals surface area contributed by atoms with Gasteiger partial charge in [0.15, 0.2) is 11.3 Å². The second kappa shape index (κ2) is 9.76. The van der Waals surface area contributed by atoms with Crippen molar-refractivity contribution in [1.29, 1.82) is 0 Å². The SMILES string of the molecule is CC[C@@]1(O)C(=O)OCc2c1cc1n(c2=O)Cc2c-1nc1cc(F)c(C)c3c1c2[C@@H](NC(=O)c1nnn(C(C)C)c1CO)CC3. The molecule has 0 fully saturated rings. The van der Waals surface area contributed by atoms with Gasteiger partial charge in [-0.25, -0.2) is 18.9 Å². The van der Waals surface area contributed by atoms with E-state index in [9.17, 15) is 24.6 Å². The summed E-state index contributed by atoms with van der Waals surface area (Å²) in [5.41, 5.74) is 2.18. The van der Waals surface area contributed by atoms with Crippen molar-refractivity contribution in [3.05, 3.63) is 73.1 Å². The first-order chi connectivity index (χ1) is 21.0. The van der Waals surface area contributed by atoms with Gasteiger partial charge in [-0.1, -0.05) is 12.1 Å². The van der Waals surface area contributed by atoms with E-state index in [1.54, 1.807) is 19.9 Å². The van der Waals surface area contributed by atoms with E-state index in [1.165, 1.54) is 15.3 Å². The van der Waals surface area contributed by atoms with Crippen LogP contribution in [0.15, 0.2) is 16.9 Å². The molecule has 1 aliphatic carbocycles. The summed E-state index contributed by atoms with van der Waals surface area (Å²) < 4.78 is 23.4. The molecular weight excluding hydrogens is 571 g/mol. The third-order valence-corrected chi connectivity index (χ3v) is 9.33. The summed E-state index contributed by atoms with van der Waals surface area (Å²) in [4.78, 5) is 44.9. The minimum atomic E-state index is -1.99. The first-order valence-corrected chi connectivity index (χ1v) is 14.7. The van der Waals surface area contributed by atoms with Gasteiger partial charge in [-0.05, 0) is 62.8 Å². The van der Waals surface area contributed by atoms with Crippen molar-refractivity contribution in [2.45, 2.75) is 84.4 Å². The molecule has 3 aliphatic rings. The third-order valence-electron chi connectivity index (χ3n) is 9.33. The summed E-state index contributed by atoms with van der Waals surface area (Å²) in [7, 11) is 0. The predicted octanol–water partition coefficient (Wildman–Crippen LogP) is 2.61. The molecule has 4 aromatic rings. The number of aromatic nitrogens is 5. The summed E-state index contributed by atoms with van der Waals surface area (Å²) in [5, 5.41) is 33.2. The maximum Gasteiger partial charge on any atom is 0.343 e. The van der Waals surface area contributed by atoms with Gasteiger partial charge in [0.25, 0.3) is 11.5 Å². The van der Waals surface area contributed by atoms with Crippen LogP contribution in [-0.4, -0.2) is 46.6 Å². The van der Waals surface area contributed by atoms with Crippen LogP contribution in [-0.2, 0) is 41.3 Å². The lowest BCUT2D eigenvalue weighted by molar-refractivity contribution is -0.172. The number of carbonyl (C=O) groups excluding carboxylic acids is 2. The fourth-order valence-electron chi connectivity index (χ4n) is 6.98. The van der Waals surface area contributed by atoms with Crippen molar-refractivity contribution >= 4 is 22.8 Å². The van der Waals surface area contributed by atoms with E-state index in [2.05, 4.69) is 15.6 Å². The van der Waals surface area contributed by atoms with Crippen LogP contribution < -0.4 is 10.9 Å². The quantitative estimate of drug-likeness (QED) is 0.257. The fourth-order valence-corrected chi connectivity index (χ4v) is 6.98. The van der Waals surface area contributed by atoms with Gasteiger partial charge in [0.2, 0.25) is 0 Å². The van der Waals surface area contributed by atoms with Crippen LogP contribution >= 0.6 is 0 Å². The average Bonchev–Trinajstić information content (AvgIpc) is 3.61. The van der Waals surface area contributed by atoms with E-state index in [-0.39, 0.29) is 42.4 Å². The number of amides is 1. The monoisotopic (exact) mass is 602 g/mol. The molecular formula is C31H31FN6O6. The minimum absolute atomic E-state index is 0.00416. The first kappa shape index (κ1) is 28.3. The molecule has 3 N–H and O–H groups in total. The molecule has 0 unspecified atom stereocenters. The van der Waals surface area contributed by atoms with Gasteiger partial charge in [-0.3, -0.25) is 9.59 Å². The lowest BCUT2D eigenvalue weighted by Crippen LogP contribution is -2.44. The van der Waals surface area contributed by atoms with Crippen LogP contribution in [0.5, 0.6) is 0 Å². The Morgan fingerprint density at radius 3 is 2.73 bits per heavy atom. The fraction of sp³-hybridized carbons (Fsp3) is 0.419. The number of halogens is 1. The number of esters is 1. The number of aliphatic hydroxyl groups is 2. The summed E-state index contributed by atoms with van der Waals surface area (Å²) >= 11 is 0. The Morgan fingerprint density at radius 1 is 1.25 bits per heavy atom. The lowest BCUT2D eigenvalue weighted by atomic mass is 9.81. The Kier molecular flexibility index (Phi) is 6.28. The average molecular weight is 603 g/mol. The second-order valence-electron chi connectivity index (χ2n) is 12.0. The van der Waals surface area contributed by atoms with Crippen LogP contribution in [0.1, 0.15) is 95.3 Å². The molecule has 1 aromatic carbocycles. The van der Waals surface area contributed by atoms with Crippen LogP contribution in [0.3, 0.4) is 0 Å². The molecule has 2 aliphatic heterocycles. The molecule has 0 radical (unpaired) electrons.